The van der Waals surface area contributed by atoms with E-state index in [-0.39, 0.29) is 0 Å². The molecule has 0 saturated carbocycles. The minimum Gasteiger partial charge on any atom is -0.435 e. The third kappa shape index (κ3) is 5.71. The van der Waals surface area contributed by atoms with Crippen molar-refractivity contribution >= 4 is 32.6 Å². The average molecular weight is 679 g/mol. The predicted molar refractivity (Wildman–Crippen MR) is 215 cm³/mol. The number of oxazole rings is 1. The standard InChI is InChI=1S/C48H30N4O/c1-3-11-31(12-4-1)38-18-9-19-39(29-38)33-21-24-35(25-22-33)45-50-46(40-26-23-32-13-7-8-16-37(32)30-40)52-47(51-45)41-20-10-17-34-27-28-42-44(43(34)41)53-48(49-42)36-14-5-2-6-15-36/h1-30H. The quantitative estimate of drug-likeness (QED) is 0.175. The van der Waals surface area contributed by atoms with Crippen molar-refractivity contribution in [3.05, 3.63) is 182 Å². The molecule has 0 atom stereocenters. The molecule has 53 heavy (non-hydrogen) atoms. The monoisotopic (exact) mass is 678 g/mol. The van der Waals surface area contributed by atoms with Crippen molar-refractivity contribution < 1.29 is 4.42 Å². The first-order valence-corrected chi connectivity index (χ1v) is 17.6. The van der Waals surface area contributed by atoms with Crippen molar-refractivity contribution in [1.82, 2.24) is 19.9 Å². The minimum absolute atomic E-state index is 0.563. The van der Waals surface area contributed by atoms with Gasteiger partial charge in [0.05, 0.1) is 0 Å². The first-order valence-electron chi connectivity index (χ1n) is 17.6. The largest absolute Gasteiger partial charge is 0.435 e. The van der Waals surface area contributed by atoms with Crippen LogP contribution >= 0.6 is 0 Å². The number of benzene rings is 8. The highest BCUT2D eigenvalue weighted by Crippen LogP contribution is 2.37. The number of fused-ring (bicyclic) bond motifs is 4. The molecule has 8 aromatic carbocycles. The summed E-state index contributed by atoms with van der Waals surface area (Å²) in [5.74, 6) is 2.33. The van der Waals surface area contributed by atoms with E-state index in [1.165, 1.54) is 11.1 Å². The number of aromatic nitrogens is 4. The molecule has 0 amide bonds. The second-order valence-corrected chi connectivity index (χ2v) is 13.1. The normalized spacial score (nSPS) is 11.4. The molecule has 0 radical (unpaired) electrons. The van der Waals surface area contributed by atoms with Crippen molar-refractivity contribution in [2.24, 2.45) is 0 Å². The molecule has 0 spiro atoms. The van der Waals surface area contributed by atoms with Gasteiger partial charge in [0.25, 0.3) is 0 Å². The molecular formula is C48H30N4O. The molecule has 0 fully saturated rings. The lowest BCUT2D eigenvalue weighted by atomic mass is 9.98. The Morgan fingerprint density at radius 2 is 0.868 bits per heavy atom. The van der Waals surface area contributed by atoms with E-state index < -0.39 is 0 Å². The molecule has 10 aromatic rings. The van der Waals surface area contributed by atoms with Crippen LogP contribution in [0.25, 0.3) is 101 Å². The van der Waals surface area contributed by atoms with Gasteiger partial charge < -0.3 is 4.42 Å². The van der Waals surface area contributed by atoms with Gasteiger partial charge in [0.2, 0.25) is 5.89 Å². The summed E-state index contributed by atoms with van der Waals surface area (Å²) < 4.78 is 6.52. The van der Waals surface area contributed by atoms with Crippen molar-refractivity contribution in [2.45, 2.75) is 0 Å². The van der Waals surface area contributed by atoms with Gasteiger partial charge in [-0.05, 0) is 68.7 Å². The zero-order valence-electron chi connectivity index (χ0n) is 28.5. The van der Waals surface area contributed by atoms with Gasteiger partial charge in [-0.2, -0.15) is 0 Å². The number of hydrogen-bond donors (Lipinski definition) is 0. The highest BCUT2D eigenvalue weighted by molar-refractivity contribution is 6.10. The van der Waals surface area contributed by atoms with Gasteiger partial charge in [-0.15, -0.1) is 0 Å². The van der Waals surface area contributed by atoms with Crippen LogP contribution < -0.4 is 0 Å². The Balaban J connectivity index is 1.13. The lowest BCUT2D eigenvalue weighted by Gasteiger charge is -2.11. The van der Waals surface area contributed by atoms with E-state index in [9.17, 15) is 0 Å². The number of hydrogen-bond acceptors (Lipinski definition) is 5. The van der Waals surface area contributed by atoms with Gasteiger partial charge in [-0.25, -0.2) is 19.9 Å². The van der Waals surface area contributed by atoms with Gasteiger partial charge in [0.15, 0.2) is 23.1 Å². The molecule has 248 valence electrons. The van der Waals surface area contributed by atoms with Crippen LogP contribution in [0, 0.1) is 0 Å². The highest BCUT2D eigenvalue weighted by Gasteiger charge is 2.19. The fourth-order valence-electron chi connectivity index (χ4n) is 7.05. The molecule has 10 rings (SSSR count). The maximum absolute atomic E-state index is 6.52. The zero-order chi connectivity index (χ0) is 35.1. The Kier molecular flexibility index (Phi) is 7.40. The Morgan fingerprint density at radius 1 is 0.321 bits per heavy atom. The molecule has 0 N–H and O–H groups in total. The second-order valence-electron chi connectivity index (χ2n) is 13.1. The van der Waals surface area contributed by atoms with E-state index in [0.717, 1.165) is 60.4 Å². The lowest BCUT2D eigenvalue weighted by Crippen LogP contribution is -2.00. The van der Waals surface area contributed by atoms with Gasteiger partial charge in [-0.1, -0.05) is 152 Å². The summed E-state index contributed by atoms with van der Waals surface area (Å²) in [5.41, 5.74) is 9.70. The van der Waals surface area contributed by atoms with Crippen molar-refractivity contribution in [3.8, 4) is 67.9 Å². The molecule has 0 aliphatic rings. The summed E-state index contributed by atoms with van der Waals surface area (Å²) in [4.78, 5) is 20.3. The van der Waals surface area contributed by atoms with Crippen LogP contribution in [0.5, 0.6) is 0 Å². The molecule has 0 aliphatic carbocycles. The molecule has 5 heteroatoms. The first-order chi connectivity index (χ1) is 26.2. The lowest BCUT2D eigenvalue weighted by molar-refractivity contribution is 0.623. The van der Waals surface area contributed by atoms with Crippen molar-refractivity contribution in [2.75, 3.05) is 0 Å². The second kappa shape index (κ2) is 12.8. The minimum atomic E-state index is 0.563. The van der Waals surface area contributed by atoms with E-state index in [0.29, 0.717) is 28.9 Å². The van der Waals surface area contributed by atoms with E-state index >= 15 is 0 Å². The van der Waals surface area contributed by atoms with E-state index in [4.69, 9.17) is 24.4 Å². The van der Waals surface area contributed by atoms with Crippen LogP contribution in [0.3, 0.4) is 0 Å². The van der Waals surface area contributed by atoms with Crippen LogP contribution in [0.1, 0.15) is 0 Å². The Bertz CT molecular complexity index is 2940. The predicted octanol–water partition coefficient (Wildman–Crippen LogP) is 12.3. The first kappa shape index (κ1) is 30.6. The summed E-state index contributed by atoms with van der Waals surface area (Å²) in [6, 6.07) is 62.5. The molecule has 2 aromatic heterocycles. The fraction of sp³-hybridized carbons (Fsp3) is 0. The Hall–Kier alpha value is -7.24. The number of nitrogens with zero attached hydrogens (tertiary/aromatic N) is 4. The summed E-state index contributed by atoms with van der Waals surface area (Å²) in [6.07, 6.45) is 0. The zero-order valence-corrected chi connectivity index (χ0v) is 28.5. The highest BCUT2D eigenvalue weighted by atomic mass is 16.3. The molecule has 0 bridgehead atoms. The summed E-state index contributed by atoms with van der Waals surface area (Å²) in [5, 5.41) is 4.21. The topological polar surface area (TPSA) is 64.7 Å². The average Bonchev–Trinajstić information content (AvgIpc) is 3.69. The van der Waals surface area contributed by atoms with Crippen LogP contribution in [-0.4, -0.2) is 19.9 Å². The maximum atomic E-state index is 6.52. The SMILES string of the molecule is c1ccc(-c2cccc(-c3ccc(-c4nc(-c5ccc6ccccc6c5)nc(-c5cccc6ccc7nc(-c8ccccc8)oc7c56)n4)cc3)c2)cc1. The van der Waals surface area contributed by atoms with Crippen LogP contribution in [-0.2, 0) is 0 Å². The van der Waals surface area contributed by atoms with Crippen molar-refractivity contribution in [3.63, 3.8) is 0 Å². The van der Waals surface area contributed by atoms with E-state index in [1.54, 1.807) is 0 Å². The fourth-order valence-corrected chi connectivity index (χ4v) is 7.05. The molecule has 0 saturated heterocycles. The third-order valence-electron chi connectivity index (χ3n) is 9.75. The van der Waals surface area contributed by atoms with Gasteiger partial charge in [-0.3, -0.25) is 0 Å². The molecule has 5 nitrogen and oxygen atoms in total. The van der Waals surface area contributed by atoms with E-state index in [1.807, 2.05) is 48.5 Å². The molecule has 0 unspecified atom stereocenters. The molecular weight excluding hydrogens is 649 g/mol. The van der Waals surface area contributed by atoms with Crippen LogP contribution in [0.4, 0.5) is 0 Å². The smallest absolute Gasteiger partial charge is 0.227 e. The molecule has 0 aliphatic heterocycles. The Morgan fingerprint density at radius 3 is 1.64 bits per heavy atom. The van der Waals surface area contributed by atoms with Crippen molar-refractivity contribution in [1.29, 1.82) is 0 Å². The number of rotatable bonds is 6. The van der Waals surface area contributed by atoms with Crippen LogP contribution in [0.2, 0.25) is 0 Å². The Labute approximate surface area is 305 Å². The van der Waals surface area contributed by atoms with E-state index in [2.05, 4.69) is 133 Å². The van der Waals surface area contributed by atoms with Gasteiger partial charge >= 0.3 is 0 Å². The summed E-state index contributed by atoms with van der Waals surface area (Å²) in [7, 11) is 0. The summed E-state index contributed by atoms with van der Waals surface area (Å²) >= 11 is 0. The third-order valence-corrected chi connectivity index (χ3v) is 9.75. The van der Waals surface area contributed by atoms with Gasteiger partial charge in [0.1, 0.15) is 5.52 Å². The maximum Gasteiger partial charge on any atom is 0.227 e. The van der Waals surface area contributed by atoms with Crippen LogP contribution in [0.15, 0.2) is 186 Å². The molecule has 2 heterocycles. The van der Waals surface area contributed by atoms with Gasteiger partial charge in [0, 0.05) is 27.6 Å². The summed E-state index contributed by atoms with van der Waals surface area (Å²) in [6.45, 7) is 0.